The second-order valence-corrected chi connectivity index (χ2v) is 5.15. The Hall–Kier alpha value is -1.80. The molecule has 2 N–H and O–H groups in total. The van der Waals surface area contributed by atoms with Crippen molar-refractivity contribution >= 4 is 0 Å². The lowest BCUT2D eigenvalue weighted by atomic mass is 9.98. The first kappa shape index (κ1) is 13.6. The number of aliphatic hydroxyl groups excluding tert-OH is 1. The van der Waals surface area contributed by atoms with Crippen LogP contribution in [0, 0.1) is 13.8 Å². The molecule has 0 aliphatic rings. The number of benzene rings is 2. The molecular formula is C17H20O2. The number of aromatic hydroxyl groups is 1. The van der Waals surface area contributed by atoms with Crippen LogP contribution in [0.25, 0.3) is 0 Å². The van der Waals surface area contributed by atoms with Crippen LogP contribution < -0.4 is 0 Å². The third kappa shape index (κ3) is 3.83. The van der Waals surface area contributed by atoms with Crippen LogP contribution in [0.4, 0.5) is 0 Å². The maximum atomic E-state index is 10.1. The highest BCUT2D eigenvalue weighted by Gasteiger charge is 2.08. The average molecular weight is 256 g/mol. The summed E-state index contributed by atoms with van der Waals surface area (Å²) >= 11 is 0. The molecule has 0 amide bonds. The summed E-state index contributed by atoms with van der Waals surface area (Å²) in [4.78, 5) is 0. The molecule has 0 aliphatic heterocycles. The molecule has 2 aromatic rings. The molecule has 100 valence electrons. The monoisotopic (exact) mass is 256 g/mol. The Morgan fingerprint density at radius 1 is 0.895 bits per heavy atom. The minimum absolute atomic E-state index is 0.246. The Balaban J connectivity index is 2.01. The molecule has 1 atom stereocenters. The number of aliphatic hydroxyl groups is 1. The fourth-order valence-corrected chi connectivity index (χ4v) is 2.23. The van der Waals surface area contributed by atoms with Crippen LogP contribution in [0.5, 0.6) is 5.75 Å². The molecule has 1 unspecified atom stereocenters. The van der Waals surface area contributed by atoms with Gasteiger partial charge in [-0.15, -0.1) is 0 Å². The summed E-state index contributed by atoms with van der Waals surface area (Å²) in [5.41, 5.74) is 4.63. The largest absolute Gasteiger partial charge is 0.508 e. The molecule has 2 aromatic carbocycles. The fourth-order valence-electron chi connectivity index (χ4n) is 2.23. The van der Waals surface area contributed by atoms with E-state index in [0.717, 1.165) is 11.1 Å². The van der Waals surface area contributed by atoms with Gasteiger partial charge in [-0.1, -0.05) is 30.3 Å². The van der Waals surface area contributed by atoms with Gasteiger partial charge in [-0.2, -0.15) is 0 Å². The summed E-state index contributed by atoms with van der Waals surface area (Å²) in [6.45, 7) is 4.17. The van der Waals surface area contributed by atoms with E-state index in [4.69, 9.17) is 0 Å². The lowest BCUT2D eigenvalue weighted by Crippen LogP contribution is -2.14. The molecule has 0 saturated heterocycles. The van der Waals surface area contributed by atoms with Crippen molar-refractivity contribution in [2.24, 2.45) is 0 Å². The molecular weight excluding hydrogens is 236 g/mol. The van der Waals surface area contributed by atoms with E-state index in [1.54, 1.807) is 18.2 Å². The minimum Gasteiger partial charge on any atom is -0.508 e. The summed E-state index contributed by atoms with van der Waals surface area (Å²) in [7, 11) is 0. The number of phenolic OH excluding ortho intramolecular Hbond substituents is 1. The van der Waals surface area contributed by atoms with E-state index >= 15 is 0 Å². The zero-order valence-electron chi connectivity index (χ0n) is 11.4. The van der Waals surface area contributed by atoms with Gasteiger partial charge in [0.15, 0.2) is 0 Å². The first-order valence-corrected chi connectivity index (χ1v) is 6.56. The van der Waals surface area contributed by atoms with Crippen LogP contribution >= 0.6 is 0 Å². The van der Waals surface area contributed by atoms with Crippen molar-refractivity contribution in [3.63, 3.8) is 0 Å². The van der Waals surface area contributed by atoms with Crippen molar-refractivity contribution in [1.29, 1.82) is 0 Å². The highest BCUT2D eigenvalue weighted by molar-refractivity contribution is 5.31. The molecule has 0 aliphatic carbocycles. The van der Waals surface area contributed by atoms with E-state index in [1.807, 2.05) is 6.07 Å². The SMILES string of the molecule is Cc1ccc(CC(O)Cc2cccc(O)c2)cc1C. The van der Waals surface area contributed by atoms with Gasteiger partial charge in [0.25, 0.3) is 0 Å². The van der Waals surface area contributed by atoms with Crippen LogP contribution in [-0.2, 0) is 12.8 Å². The Morgan fingerprint density at radius 3 is 2.21 bits per heavy atom. The van der Waals surface area contributed by atoms with Gasteiger partial charge in [0.05, 0.1) is 6.10 Å². The molecule has 2 nitrogen and oxygen atoms in total. The normalized spacial score (nSPS) is 12.4. The van der Waals surface area contributed by atoms with Gasteiger partial charge in [0.2, 0.25) is 0 Å². The van der Waals surface area contributed by atoms with Crippen molar-refractivity contribution in [1.82, 2.24) is 0 Å². The van der Waals surface area contributed by atoms with E-state index in [0.29, 0.717) is 12.8 Å². The number of phenols is 1. The van der Waals surface area contributed by atoms with E-state index in [1.165, 1.54) is 11.1 Å². The highest BCUT2D eigenvalue weighted by Crippen LogP contribution is 2.16. The Morgan fingerprint density at radius 2 is 1.58 bits per heavy atom. The zero-order chi connectivity index (χ0) is 13.8. The van der Waals surface area contributed by atoms with Crippen molar-refractivity contribution < 1.29 is 10.2 Å². The van der Waals surface area contributed by atoms with Crippen molar-refractivity contribution in [3.8, 4) is 5.75 Å². The van der Waals surface area contributed by atoms with Crippen LogP contribution in [0.15, 0.2) is 42.5 Å². The molecule has 0 spiro atoms. The summed E-state index contributed by atoms with van der Waals surface area (Å²) in [6, 6.07) is 13.3. The van der Waals surface area contributed by atoms with Gasteiger partial charge >= 0.3 is 0 Å². The van der Waals surface area contributed by atoms with Gasteiger partial charge < -0.3 is 10.2 Å². The van der Waals surface area contributed by atoms with E-state index in [-0.39, 0.29) is 5.75 Å². The summed E-state index contributed by atoms with van der Waals surface area (Å²) in [6.07, 6.45) is 0.766. The first-order chi connectivity index (χ1) is 9.04. The second kappa shape index (κ2) is 5.89. The Labute approximate surface area is 114 Å². The quantitative estimate of drug-likeness (QED) is 0.882. The average Bonchev–Trinajstić information content (AvgIpc) is 2.34. The minimum atomic E-state index is -0.427. The maximum absolute atomic E-state index is 10.1. The molecule has 2 rings (SSSR count). The molecule has 0 radical (unpaired) electrons. The predicted molar refractivity (Wildman–Crippen MR) is 77.4 cm³/mol. The molecule has 0 fully saturated rings. The number of aryl methyl sites for hydroxylation is 2. The molecule has 2 heteroatoms. The Bertz CT molecular complexity index is 561. The first-order valence-electron chi connectivity index (χ1n) is 6.56. The van der Waals surface area contributed by atoms with Gasteiger partial charge in [-0.05, 0) is 61.1 Å². The smallest absolute Gasteiger partial charge is 0.115 e. The van der Waals surface area contributed by atoms with E-state index < -0.39 is 6.10 Å². The third-order valence-corrected chi connectivity index (χ3v) is 3.42. The maximum Gasteiger partial charge on any atom is 0.115 e. The second-order valence-electron chi connectivity index (χ2n) is 5.15. The van der Waals surface area contributed by atoms with Crippen molar-refractivity contribution in [3.05, 3.63) is 64.7 Å². The molecule has 0 bridgehead atoms. The molecule has 0 heterocycles. The summed E-state index contributed by atoms with van der Waals surface area (Å²) in [5, 5.41) is 19.5. The van der Waals surface area contributed by atoms with Gasteiger partial charge in [-0.3, -0.25) is 0 Å². The van der Waals surface area contributed by atoms with Crippen LogP contribution in [0.2, 0.25) is 0 Å². The Kier molecular flexibility index (Phi) is 4.23. The van der Waals surface area contributed by atoms with Crippen molar-refractivity contribution in [2.45, 2.75) is 32.8 Å². The topological polar surface area (TPSA) is 40.5 Å². The summed E-state index contributed by atoms with van der Waals surface area (Å²) < 4.78 is 0. The van der Waals surface area contributed by atoms with E-state index in [2.05, 4.69) is 32.0 Å². The van der Waals surface area contributed by atoms with Crippen LogP contribution in [-0.4, -0.2) is 16.3 Å². The third-order valence-electron chi connectivity index (χ3n) is 3.42. The summed E-state index contributed by atoms with van der Waals surface area (Å²) in [5.74, 6) is 0.246. The number of hydrogen-bond donors (Lipinski definition) is 2. The lowest BCUT2D eigenvalue weighted by Gasteiger charge is -2.12. The predicted octanol–water partition coefficient (Wildman–Crippen LogP) is 3.16. The molecule has 0 aromatic heterocycles. The van der Waals surface area contributed by atoms with Gasteiger partial charge in [0, 0.05) is 0 Å². The number of rotatable bonds is 4. The van der Waals surface area contributed by atoms with Gasteiger partial charge in [-0.25, -0.2) is 0 Å². The molecule has 19 heavy (non-hydrogen) atoms. The van der Waals surface area contributed by atoms with Crippen LogP contribution in [0.3, 0.4) is 0 Å². The standard InChI is InChI=1S/C17H20O2/c1-12-6-7-15(8-13(12)2)11-17(19)10-14-4-3-5-16(18)9-14/h3-9,17-19H,10-11H2,1-2H3. The van der Waals surface area contributed by atoms with Gasteiger partial charge in [0.1, 0.15) is 5.75 Å². The van der Waals surface area contributed by atoms with E-state index in [9.17, 15) is 10.2 Å². The number of hydrogen-bond acceptors (Lipinski definition) is 2. The lowest BCUT2D eigenvalue weighted by molar-refractivity contribution is 0.175. The zero-order valence-corrected chi connectivity index (χ0v) is 11.4. The van der Waals surface area contributed by atoms with Crippen molar-refractivity contribution in [2.75, 3.05) is 0 Å². The molecule has 0 saturated carbocycles. The highest BCUT2D eigenvalue weighted by atomic mass is 16.3. The van der Waals surface area contributed by atoms with Crippen LogP contribution in [0.1, 0.15) is 22.3 Å². The fraction of sp³-hybridized carbons (Fsp3) is 0.294.